The van der Waals surface area contributed by atoms with Gasteiger partial charge < -0.3 is 19.5 Å². The Balaban J connectivity index is 1.46. The highest BCUT2D eigenvalue weighted by Gasteiger charge is 2.37. The van der Waals surface area contributed by atoms with E-state index < -0.39 is 28.7 Å². The van der Waals surface area contributed by atoms with Crippen LogP contribution in [0.4, 0.5) is 20.2 Å². The largest absolute Gasteiger partial charge is 0.486 e. The molecule has 0 saturated carbocycles. The van der Waals surface area contributed by atoms with Crippen molar-refractivity contribution in [2.75, 3.05) is 28.8 Å². The van der Waals surface area contributed by atoms with E-state index in [0.717, 1.165) is 21.6 Å². The van der Waals surface area contributed by atoms with E-state index >= 15 is 0 Å². The third-order valence-electron chi connectivity index (χ3n) is 6.83. The van der Waals surface area contributed by atoms with Gasteiger partial charge in [-0.05, 0) is 54.4 Å². The summed E-state index contributed by atoms with van der Waals surface area (Å²) in [7, 11) is -4.27. The number of carboxylic acid groups (broad SMARTS) is 1. The Kier molecular flexibility index (Phi) is 7.98. The van der Waals surface area contributed by atoms with E-state index in [0.29, 0.717) is 23.1 Å². The first-order chi connectivity index (χ1) is 19.0. The lowest BCUT2D eigenvalue weighted by Crippen LogP contribution is -2.46. The zero-order chi connectivity index (χ0) is 28.6. The summed E-state index contributed by atoms with van der Waals surface area (Å²) < 4.78 is 64.7. The van der Waals surface area contributed by atoms with Gasteiger partial charge in [-0.1, -0.05) is 35.3 Å². The molecule has 2 aliphatic rings. The minimum atomic E-state index is -4.27. The number of benzene rings is 3. The van der Waals surface area contributed by atoms with Crippen molar-refractivity contribution in [3.8, 4) is 11.5 Å². The Morgan fingerprint density at radius 1 is 1.05 bits per heavy atom. The Morgan fingerprint density at radius 3 is 2.42 bits per heavy atom. The van der Waals surface area contributed by atoms with Crippen molar-refractivity contribution >= 4 is 50.6 Å². The van der Waals surface area contributed by atoms with Crippen molar-refractivity contribution in [1.82, 2.24) is 0 Å². The molecule has 3 aromatic rings. The van der Waals surface area contributed by atoms with Crippen LogP contribution in [0.3, 0.4) is 0 Å². The molecule has 1 N–H and O–H groups in total. The number of ether oxygens (including phenoxy) is 2. The highest BCUT2D eigenvalue weighted by Crippen LogP contribution is 2.44. The molecule has 13 heteroatoms. The number of rotatable bonds is 9. The van der Waals surface area contributed by atoms with E-state index in [4.69, 9.17) is 33.0 Å². The number of alkyl halides is 2. The van der Waals surface area contributed by atoms with Gasteiger partial charge in [0.25, 0.3) is 10.0 Å². The molecule has 3 aromatic carbocycles. The summed E-state index contributed by atoms with van der Waals surface area (Å²) in [4.78, 5) is 13.0. The highest BCUT2D eigenvalue weighted by molar-refractivity contribution is 7.92. The standard InChI is InChI=1S/C27H24Cl2F2N2O6S/c28-21-5-2-6-22(29)26(21)16-13-32(14-16)17-7-9-24-23(11-17)33(15-19(38-24)8-10-25(34)35)40(36,37)20-4-1-3-18(12-20)39-27(30)31/h1-7,9,11-12,16,19,27H,8,10,13-15H2,(H,34,35). The molecule has 0 amide bonds. The minimum absolute atomic E-state index is 0.0729. The molecular weight excluding hydrogens is 589 g/mol. The van der Waals surface area contributed by atoms with E-state index in [-0.39, 0.29) is 47.4 Å². The number of carbonyl (C=O) groups is 1. The van der Waals surface area contributed by atoms with Gasteiger partial charge in [-0.25, -0.2) is 8.42 Å². The SMILES string of the molecule is O=C(O)CCC1CN(S(=O)(=O)c2cccc(OC(F)F)c2)c2cc(N3CC(c4c(Cl)cccc4Cl)C3)ccc2O1. The number of nitrogens with zero attached hydrogens (tertiary/aromatic N) is 2. The van der Waals surface area contributed by atoms with Gasteiger partial charge >= 0.3 is 12.6 Å². The number of sulfonamides is 1. The van der Waals surface area contributed by atoms with Crippen LogP contribution >= 0.6 is 23.2 Å². The summed E-state index contributed by atoms with van der Waals surface area (Å²) >= 11 is 12.7. The van der Waals surface area contributed by atoms with Gasteiger partial charge in [0.2, 0.25) is 0 Å². The molecule has 0 bridgehead atoms. The zero-order valence-corrected chi connectivity index (χ0v) is 23.2. The fraction of sp³-hybridized carbons (Fsp3) is 0.296. The first kappa shape index (κ1) is 28.3. The molecule has 1 fully saturated rings. The van der Waals surface area contributed by atoms with Crippen LogP contribution in [0.25, 0.3) is 0 Å². The van der Waals surface area contributed by atoms with Gasteiger partial charge in [-0.15, -0.1) is 0 Å². The van der Waals surface area contributed by atoms with Crippen LogP contribution in [0.5, 0.6) is 11.5 Å². The number of aliphatic carboxylic acids is 1. The third kappa shape index (κ3) is 5.77. The summed E-state index contributed by atoms with van der Waals surface area (Å²) in [5.41, 5.74) is 1.85. The molecular formula is C27H24Cl2F2N2O6S. The highest BCUT2D eigenvalue weighted by atomic mass is 35.5. The Bertz CT molecular complexity index is 1510. The molecule has 2 aliphatic heterocycles. The molecule has 1 saturated heterocycles. The third-order valence-corrected chi connectivity index (χ3v) is 9.26. The Labute approximate surface area is 239 Å². The molecule has 0 aromatic heterocycles. The average Bonchev–Trinajstić information content (AvgIpc) is 2.87. The second kappa shape index (κ2) is 11.3. The van der Waals surface area contributed by atoms with Gasteiger partial charge in [0.1, 0.15) is 17.6 Å². The van der Waals surface area contributed by atoms with E-state index in [1.54, 1.807) is 36.4 Å². The summed E-state index contributed by atoms with van der Waals surface area (Å²) in [5.74, 6) is -0.987. The minimum Gasteiger partial charge on any atom is -0.486 e. The number of fused-ring (bicyclic) bond motifs is 1. The maximum absolute atomic E-state index is 13.8. The van der Waals surface area contributed by atoms with Crippen LogP contribution in [0.15, 0.2) is 65.6 Å². The topological polar surface area (TPSA) is 96.4 Å². The van der Waals surface area contributed by atoms with Crippen molar-refractivity contribution < 1.29 is 36.6 Å². The van der Waals surface area contributed by atoms with Crippen LogP contribution in [-0.4, -0.2) is 51.8 Å². The van der Waals surface area contributed by atoms with Gasteiger partial charge in [0.05, 0.1) is 17.1 Å². The van der Waals surface area contributed by atoms with E-state index in [1.165, 1.54) is 18.2 Å². The summed E-state index contributed by atoms with van der Waals surface area (Å²) in [6.45, 7) is -2.08. The first-order valence-corrected chi connectivity index (χ1v) is 14.5. The van der Waals surface area contributed by atoms with Crippen molar-refractivity contribution in [3.63, 3.8) is 0 Å². The number of hydrogen-bond donors (Lipinski definition) is 1. The molecule has 8 nitrogen and oxygen atoms in total. The second-order valence-electron chi connectivity index (χ2n) is 9.45. The average molecular weight is 613 g/mol. The van der Waals surface area contributed by atoms with Gasteiger partial charge in [0.15, 0.2) is 0 Å². The summed E-state index contributed by atoms with van der Waals surface area (Å²) in [6, 6.07) is 15.3. The smallest absolute Gasteiger partial charge is 0.387 e. The van der Waals surface area contributed by atoms with Crippen molar-refractivity contribution in [2.24, 2.45) is 0 Å². The van der Waals surface area contributed by atoms with Crippen LogP contribution in [0.2, 0.25) is 10.0 Å². The van der Waals surface area contributed by atoms with Crippen LogP contribution in [-0.2, 0) is 14.8 Å². The maximum atomic E-state index is 13.8. The van der Waals surface area contributed by atoms with E-state index in [1.807, 2.05) is 4.90 Å². The van der Waals surface area contributed by atoms with Crippen molar-refractivity contribution in [2.45, 2.75) is 36.4 Å². The molecule has 1 unspecified atom stereocenters. The van der Waals surface area contributed by atoms with Crippen LogP contribution < -0.4 is 18.7 Å². The normalized spacial score (nSPS) is 17.3. The quantitative estimate of drug-likeness (QED) is 0.315. The van der Waals surface area contributed by atoms with Crippen LogP contribution in [0, 0.1) is 0 Å². The number of hydrogen-bond acceptors (Lipinski definition) is 6. The lowest BCUT2D eigenvalue weighted by Gasteiger charge is -2.43. The molecule has 2 heterocycles. The van der Waals surface area contributed by atoms with Crippen LogP contribution in [0.1, 0.15) is 24.3 Å². The number of anilines is 2. The van der Waals surface area contributed by atoms with E-state index in [2.05, 4.69) is 4.74 Å². The molecule has 0 spiro atoms. The van der Waals surface area contributed by atoms with Gasteiger partial charge in [0, 0.05) is 47.2 Å². The predicted octanol–water partition coefficient (Wildman–Crippen LogP) is 6.02. The molecule has 5 rings (SSSR count). The lowest BCUT2D eigenvalue weighted by atomic mass is 9.90. The van der Waals surface area contributed by atoms with Crippen molar-refractivity contribution in [3.05, 3.63) is 76.3 Å². The van der Waals surface area contributed by atoms with Gasteiger partial charge in [-0.3, -0.25) is 9.10 Å². The summed E-state index contributed by atoms with van der Waals surface area (Å²) in [5, 5.41) is 10.3. The second-order valence-corrected chi connectivity index (χ2v) is 12.1. The first-order valence-electron chi connectivity index (χ1n) is 12.3. The number of carboxylic acids is 1. The fourth-order valence-electron chi connectivity index (χ4n) is 4.87. The molecule has 212 valence electrons. The Hall–Kier alpha value is -3.28. The maximum Gasteiger partial charge on any atom is 0.387 e. The monoisotopic (exact) mass is 612 g/mol. The molecule has 1 atom stereocenters. The Morgan fingerprint density at radius 2 is 1.75 bits per heavy atom. The zero-order valence-electron chi connectivity index (χ0n) is 20.8. The predicted molar refractivity (Wildman–Crippen MR) is 147 cm³/mol. The fourth-order valence-corrected chi connectivity index (χ4v) is 7.11. The molecule has 0 radical (unpaired) electrons. The lowest BCUT2D eigenvalue weighted by molar-refractivity contribution is -0.137. The summed E-state index contributed by atoms with van der Waals surface area (Å²) in [6.07, 6.45) is -0.882. The molecule has 40 heavy (non-hydrogen) atoms. The van der Waals surface area contributed by atoms with Crippen molar-refractivity contribution in [1.29, 1.82) is 0 Å². The molecule has 0 aliphatic carbocycles. The van der Waals surface area contributed by atoms with Gasteiger partial charge in [-0.2, -0.15) is 8.78 Å². The van der Waals surface area contributed by atoms with E-state index in [9.17, 15) is 22.0 Å². The number of halogens is 4.